The van der Waals surface area contributed by atoms with Crippen LogP contribution in [0.5, 0.6) is 0 Å². The Labute approximate surface area is 166 Å². The highest BCUT2D eigenvalue weighted by molar-refractivity contribution is 6.28. The van der Waals surface area contributed by atoms with E-state index in [0.717, 1.165) is 21.5 Å². The van der Waals surface area contributed by atoms with Gasteiger partial charge in [-0.15, -0.1) is 0 Å². The Balaban J connectivity index is 2.19. The van der Waals surface area contributed by atoms with Gasteiger partial charge in [-0.25, -0.2) is 9.59 Å². The topological polar surface area (TPSA) is 89.9 Å². The quantitative estimate of drug-likeness (QED) is 0.315. The van der Waals surface area contributed by atoms with Crippen molar-refractivity contribution >= 4 is 45.0 Å². The minimum absolute atomic E-state index is 0.0145. The molecule has 0 atom stereocenters. The summed E-state index contributed by atoms with van der Waals surface area (Å²) in [6.07, 6.45) is -0.518. The summed E-state index contributed by atoms with van der Waals surface area (Å²) in [5, 5.41) is 13.0. The third kappa shape index (κ3) is 2.84. The van der Waals surface area contributed by atoms with Crippen LogP contribution in [0, 0.1) is 0 Å². The molecule has 0 saturated carbocycles. The molecule has 1 N–H and O–H groups in total. The molecule has 4 rings (SSSR count). The molecule has 0 spiro atoms. The molecule has 146 valence electrons. The van der Waals surface area contributed by atoms with Crippen LogP contribution in [0.2, 0.25) is 0 Å². The number of ether oxygens (including phenoxy) is 2. The first-order valence-electron chi connectivity index (χ1n) is 9.17. The molecule has 6 heteroatoms. The zero-order valence-corrected chi connectivity index (χ0v) is 15.9. The summed E-state index contributed by atoms with van der Waals surface area (Å²) in [7, 11) is 1.29. The fourth-order valence-corrected chi connectivity index (χ4v) is 4.02. The van der Waals surface area contributed by atoms with Crippen molar-refractivity contribution in [1.29, 1.82) is 0 Å². The van der Waals surface area contributed by atoms with Gasteiger partial charge in [0.15, 0.2) is 0 Å². The molecular weight excluding hydrogens is 372 g/mol. The number of rotatable bonds is 5. The Morgan fingerprint density at radius 3 is 2.31 bits per heavy atom. The second kappa shape index (κ2) is 7.05. The molecule has 0 heterocycles. The van der Waals surface area contributed by atoms with Crippen molar-refractivity contribution in [3.05, 3.63) is 64.7 Å². The van der Waals surface area contributed by atoms with Crippen molar-refractivity contribution in [2.75, 3.05) is 13.7 Å². The molecule has 0 aliphatic heterocycles. The molecule has 6 nitrogen and oxygen atoms in total. The molecule has 1 aliphatic carbocycles. The highest BCUT2D eigenvalue weighted by atomic mass is 16.5. The van der Waals surface area contributed by atoms with Gasteiger partial charge in [0, 0.05) is 11.1 Å². The lowest BCUT2D eigenvalue weighted by atomic mass is 9.91. The fourth-order valence-electron chi connectivity index (χ4n) is 4.02. The van der Waals surface area contributed by atoms with Crippen LogP contribution in [0.25, 0.3) is 27.1 Å². The Morgan fingerprint density at radius 2 is 1.66 bits per heavy atom. The zero-order chi connectivity index (χ0) is 20.7. The largest absolute Gasteiger partial charge is 0.481 e. The van der Waals surface area contributed by atoms with Crippen LogP contribution in [-0.4, -0.2) is 36.7 Å². The molecular formula is C23H18O6. The fraction of sp³-hybridized carbons (Fsp3) is 0.174. The van der Waals surface area contributed by atoms with Crippen molar-refractivity contribution in [1.82, 2.24) is 0 Å². The Morgan fingerprint density at radius 1 is 0.966 bits per heavy atom. The van der Waals surface area contributed by atoms with Crippen molar-refractivity contribution < 1.29 is 29.0 Å². The molecule has 0 bridgehead atoms. The van der Waals surface area contributed by atoms with Crippen molar-refractivity contribution in [2.24, 2.45) is 0 Å². The minimum Gasteiger partial charge on any atom is -0.481 e. The van der Waals surface area contributed by atoms with Gasteiger partial charge in [-0.2, -0.15) is 0 Å². The van der Waals surface area contributed by atoms with Crippen molar-refractivity contribution in [2.45, 2.75) is 13.3 Å². The molecule has 3 aromatic rings. The number of hydrogen-bond donors (Lipinski definition) is 1. The van der Waals surface area contributed by atoms with Crippen molar-refractivity contribution in [3.8, 4) is 0 Å². The molecule has 0 aromatic heterocycles. The Bertz CT molecular complexity index is 1240. The molecule has 0 saturated heterocycles. The van der Waals surface area contributed by atoms with Gasteiger partial charge in [0.25, 0.3) is 0 Å². The number of carboxylic acid groups (broad SMARTS) is 1. The van der Waals surface area contributed by atoms with Gasteiger partial charge in [-0.3, -0.25) is 4.79 Å². The maximum atomic E-state index is 12.7. The Kier molecular flexibility index (Phi) is 4.54. The van der Waals surface area contributed by atoms with Crippen LogP contribution in [0.3, 0.4) is 0 Å². The van der Waals surface area contributed by atoms with E-state index in [2.05, 4.69) is 0 Å². The van der Waals surface area contributed by atoms with E-state index in [0.29, 0.717) is 16.7 Å². The second-order valence-corrected chi connectivity index (χ2v) is 6.69. The molecule has 0 amide bonds. The first-order valence-corrected chi connectivity index (χ1v) is 9.17. The molecule has 3 aromatic carbocycles. The van der Waals surface area contributed by atoms with E-state index in [1.807, 2.05) is 36.4 Å². The zero-order valence-electron chi connectivity index (χ0n) is 15.9. The summed E-state index contributed by atoms with van der Waals surface area (Å²) in [5.74, 6) is -2.42. The lowest BCUT2D eigenvalue weighted by Gasteiger charge is -2.14. The van der Waals surface area contributed by atoms with E-state index in [4.69, 9.17) is 9.47 Å². The molecule has 1 aliphatic rings. The van der Waals surface area contributed by atoms with E-state index >= 15 is 0 Å². The first kappa shape index (κ1) is 18.7. The van der Waals surface area contributed by atoms with Crippen LogP contribution < -0.4 is 0 Å². The van der Waals surface area contributed by atoms with E-state index < -0.39 is 24.3 Å². The smallest absolute Gasteiger partial charge is 0.338 e. The summed E-state index contributed by atoms with van der Waals surface area (Å²) in [5.41, 5.74) is 1.95. The summed E-state index contributed by atoms with van der Waals surface area (Å²) in [6, 6.07) is 13.0. The van der Waals surface area contributed by atoms with Crippen LogP contribution in [-0.2, 0) is 19.1 Å². The predicted molar refractivity (Wildman–Crippen MR) is 108 cm³/mol. The first-order chi connectivity index (χ1) is 14.0. The van der Waals surface area contributed by atoms with Gasteiger partial charge in [-0.1, -0.05) is 36.4 Å². The molecule has 0 fully saturated rings. The predicted octanol–water partition coefficient (Wildman–Crippen LogP) is 3.93. The number of hydrogen-bond acceptors (Lipinski definition) is 5. The van der Waals surface area contributed by atoms with Gasteiger partial charge in [-0.05, 0) is 40.1 Å². The van der Waals surface area contributed by atoms with Gasteiger partial charge in [0.2, 0.25) is 0 Å². The minimum atomic E-state index is -1.16. The van der Waals surface area contributed by atoms with E-state index in [1.54, 1.807) is 13.0 Å². The lowest BCUT2D eigenvalue weighted by molar-refractivity contribution is -0.142. The number of esters is 2. The summed E-state index contributed by atoms with van der Waals surface area (Å²) in [4.78, 5) is 36.8. The normalized spacial score (nSPS) is 13.7. The van der Waals surface area contributed by atoms with Crippen LogP contribution in [0.4, 0.5) is 0 Å². The summed E-state index contributed by atoms with van der Waals surface area (Å²) >= 11 is 0. The van der Waals surface area contributed by atoms with E-state index in [-0.39, 0.29) is 17.7 Å². The SMILES string of the molecule is CCOC(=O)/C(CC(=O)O)=C1/c2cccc3ccc4ccc(C(=O)OC)c1c4c23. The summed E-state index contributed by atoms with van der Waals surface area (Å²) < 4.78 is 10.1. The summed E-state index contributed by atoms with van der Waals surface area (Å²) in [6.45, 7) is 1.77. The third-order valence-corrected chi connectivity index (χ3v) is 5.10. The van der Waals surface area contributed by atoms with Gasteiger partial charge < -0.3 is 14.6 Å². The average molecular weight is 390 g/mol. The number of benzene rings is 3. The second-order valence-electron chi connectivity index (χ2n) is 6.69. The van der Waals surface area contributed by atoms with E-state index in [1.165, 1.54) is 7.11 Å². The van der Waals surface area contributed by atoms with Crippen LogP contribution in [0.15, 0.2) is 48.0 Å². The number of aliphatic carboxylic acids is 1. The highest BCUT2D eigenvalue weighted by Crippen LogP contribution is 2.48. The highest BCUT2D eigenvalue weighted by Gasteiger charge is 2.32. The lowest BCUT2D eigenvalue weighted by Crippen LogP contribution is -2.15. The number of methoxy groups -OCH3 is 1. The third-order valence-electron chi connectivity index (χ3n) is 5.10. The van der Waals surface area contributed by atoms with Crippen LogP contribution >= 0.6 is 0 Å². The van der Waals surface area contributed by atoms with E-state index in [9.17, 15) is 19.5 Å². The Hall–Kier alpha value is -3.67. The molecule has 0 unspecified atom stereocenters. The number of carboxylic acids is 1. The monoisotopic (exact) mass is 390 g/mol. The standard InChI is InChI=1S/C23H18O6/c1-3-29-23(27)16(11-17(24)25)20-14-6-4-5-12-7-8-13-9-10-15(22(26)28-2)21(20)19(13)18(12)14/h4-10H,3,11H2,1-2H3,(H,24,25)/b20-16-. The maximum absolute atomic E-state index is 12.7. The van der Waals surface area contributed by atoms with Gasteiger partial charge in [0.05, 0.1) is 31.3 Å². The molecule has 29 heavy (non-hydrogen) atoms. The maximum Gasteiger partial charge on any atom is 0.338 e. The van der Waals surface area contributed by atoms with Crippen molar-refractivity contribution in [3.63, 3.8) is 0 Å². The number of carbonyl (C=O) groups excluding carboxylic acids is 2. The van der Waals surface area contributed by atoms with Crippen LogP contribution in [0.1, 0.15) is 34.8 Å². The van der Waals surface area contributed by atoms with Gasteiger partial charge in [0.1, 0.15) is 0 Å². The average Bonchev–Trinajstić information content (AvgIpc) is 3.06. The number of carbonyl (C=O) groups is 3. The molecule has 0 radical (unpaired) electrons. The van der Waals surface area contributed by atoms with Gasteiger partial charge >= 0.3 is 17.9 Å².